The molecule has 0 aliphatic rings. The molecule has 0 spiro atoms. The maximum Gasteiger partial charge on any atom is 0.331 e. The van der Waals surface area contributed by atoms with Crippen LogP contribution in [-0.2, 0) is 9.53 Å². The van der Waals surface area contributed by atoms with E-state index in [1.807, 2.05) is 32.9 Å². The van der Waals surface area contributed by atoms with Crippen LogP contribution in [0.5, 0.6) is 0 Å². The summed E-state index contributed by atoms with van der Waals surface area (Å²) in [5.74, 6) is -1.27. The smallest absolute Gasteiger partial charge is 0.331 e. The second-order valence-electron chi connectivity index (χ2n) is 5.67. The van der Waals surface area contributed by atoms with Crippen molar-refractivity contribution in [3.05, 3.63) is 76.1 Å². The van der Waals surface area contributed by atoms with Gasteiger partial charge in [-0.15, -0.1) is 0 Å². The standard InChI is InChI=1S/C20H19FO3/c1-13-9-15(3)18(10-14(13)2)19(22)12-24-20(23)8-7-16-5-4-6-17(21)11-16/h4-11H,12H2,1-3H3/b8-7+. The van der Waals surface area contributed by atoms with Crippen molar-refractivity contribution in [2.24, 2.45) is 0 Å². The highest BCUT2D eigenvalue weighted by atomic mass is 19.1. The molecule has 0 N–H and O–H groups in total. The highest BCUT2D eigenvalue weighted by Crippen LogP contribution is 2.16. The van der Waals surface area contributed by atoms with E-state index >= 15 is 0 Å². The first-order chi connectivity index (χ1) is 11.4. The molecule has 0 fully saturated rings. The Labute approximate surface area is 140 Å². The third-order valence-electron chi connectivity index (χ3n) is 3.75. The summed E-state index contributed by atoms with van der Waals surface area (Å²) in [7, 11) is 0. The van der Waals surface area contributed by atoms with E-state index < -0.39 is 5.97 Å². The fourth-order valence-electron chi connectivity index (χ4n) is 2.30. The van der Waals surface area contributed by atoms with Gasteiger partial charge in [-0.2, -0.15) is 0 Å². The van der Waals surface area contributed by atoms with E-state index in [4.69, 9.17) is 4.74 Å². The highest BCUT2D eigenvalue weighted by Gasteiger charge is 2.12. The highest BCUT2D eigenvalue weighted by molar-refractivity contribution is 6.00. The van der Waals surface area contributed by atoms with Crippen molar-refractivity contribution in [2.45, 2.75) is 20.8 Å². The van der Waals surface area contributed by atoms with Gasteiger partial charge in [0.05, 0.1) is 0 Å². The number of rotatable bonds is 5. The molecule has 0 saturated carbocycles. The molecule has 124 valence electrons. The summed E-state index contributed by atoms with van der Waals surface area (Å²) in [5.41, 5.74) is 4.08. The Kier molecular flexibility index (Phi) is 5.64. The van der Waals surface area contributed by atoms with Gasteiger partial charge in [0.2, 0.25) is 5.78 Å². The van der Waals surface area contributed by atoms with Crippen molar-refractivity contribution in [3.63, 3.8) is 0 Å². The quantitative estimate of drug-likeness (QED) is 0.470. The molecule has 2 aromatic rings. The molecule has 0 unspecified atom stereocenters. The molecule has 24 heavy (non-hydrogen) atoms. The van der Waals surface area contributed by atoms with Crippen molar-refractivity contribution < 1.29 is 18.7 Å². The second kappa shape index (κ2) is 7.68. The number of ketones is 1. The third kappa shape index (κ3) is 4.62. The Bertz CT molecular complexity index is 807. The lowest BCUT2D eigenvalue weighted by atomic mass is 9.98. The second-order valence-corrected chi connectivity index (χ2v) is 5.67. The van der Waals surface area contributed by atoms with E-state index in [-0.39, 0.29) is 18.2 Å². The molecular weight excluding hydrogens is 307 g/mol. The van der Waals surface area contributed by atoms with Crippen LogP contribution in [0.3, 0.4) is 0 Å². The minimum atomic E-state index is -0.644. The number of benzene rings is 2. The van der Waals surface area contributed by atoms with Gasteiger partial charge >= 0.3 is 5.97 Å². The van der Waals surface area contributed by atoms with Crippen LogP contribution in [-0.4, -0.2) is 18.4 Å². The zero-order valence-corrected chi connectivity index (χ0v) is 13.9. The number of esters is 1. The Balaban J connectivity index is 1.96. The Morgan fingerprint density at radius 1 is 1.04 bits per heavy atom. The largest absolute Gasteiger partial charge is 0.454 e. The fraction of sp³-hybridized carbons (Fsp3) is 0.200. The molecular formula is C20H19FO3. The zero-order valence-electron chi connectivity index (χ0n) is 13.9. The van der Waals surface area contributed by atoms with E-state index in [2.05, 4.69) is 0 Å². The van der Waals surface area contributed by atoms with Gasteiger partial charge in [0.15, 0.2) is 6.61 Å². The maximum atomic E-state index is 13.0. The number of hydrogen-bond donors (Lipinski definition) is 0. The van der Waals surface area contributed by atoms with Crippen LogP contribution < -0.4 is 0 Å². The topological polar surface area (TPSA) is 43.4 Å². The summed E-state index contributed by atoms with van der Waals surface area (Å²) in [6, 6.07) is 9.58. The molecule has 0 saturated heterocycles. The molecule has 0 bridgehead atoms. The lowest BCUT2D eigenvalue weighted by molar-refractivity contribution is -0.136. The van der Waals surface area contributed by atoms with Crippen LogP contribution in [0, 0.1) is 26.6 Å². The summed E-state index contributed by atoms with van der Waals surface area (Å²) < 4.78 is 18.0. The van der Waals surface area contributed by atoms with Crippen LogP contribution >= 0.6 is 0 Å². The number of halogens is 1. The third-order valence-corrected chi connectivity index (χ3v) is 3.75. The van der Waals surface area contributed by atoms with Crippen LogP contribution in [0.4, 0.5) is 4.39 Å². The van der Waals surface area contributed by atoms with Crippen LogP contribution in [0.1, 0.15) is 32.6 Å². The predicted molar refractivity (Wildman–Crippen MR) is 91.4 cm³/mol. The Morgan fingerprint density at radius 3 is 2.46 bits per heavy atom. The van der Waals surface area contributed by atoms with Crippen molar-refractivity contribution in [1.29, 1.82) is 0 Å². The molecule has 2 rings (SSSR count). The average Bonchev–Trinajstić information content (AvgIpc) is 2.54. The molecule has 0 amide bonds. The number of ether oxygens (including phenoxy) is 1. The summed E-state index contributed by atoms with van der Waals surface area (Å²) in [6.45, 7) is 5.44. The van der Waals surface area contributed by atoms with Gasteiger partial charge in [-0.25, -0.2) is 9.18 Å². The van der Waals surface area contributed by atoms with Crippen molar-refractivity contribution in [1.82, 2.24) is 0 Å². The number of Topliss-reactive ketones (excluding diaryl/α,β-unsaturated/α-hetero) is 1. The summed E-state index contributed by atoms with van der Waals surface area (Å²) >= 11 is 0. The molecule has 4 heteroatoms. The lowest BCUT2D eigenvalue weighted by Crippen LogP contribution is -2.14. The van der Waals surface area contributed by atoms with E-state index in [1.165, 1.54) is 24.3 Å². The first-order valence-electron chi connectivity index (χ1n) is 7.58. The Morgan fingerprint density at radius 2 is 1.75 bits per heavy atom. The van der Waals surface area contributed by atoms with Crippen molar-refractivity contribution >= 4 is 17.8 Å². The van der Waals surface area contributed by atoms with Gasteiger partial charge in [0, 0.05) is 11.6 Å². The van der Waals surface area contributed by atoms with Crippen LogP contribution in [0.25, 0.3) is 6.08 Å². The van der Waals surface area contributed by atoms with Gasteiger partial charge in [0.1, 0.15) is 5.82 Å². The molecule has 0 radical (unpaired) electrons. The molecule has 0 heterocycles. The van der Waals surface area contributed by atoms with Gasteiger partial charge in [0.25, 0.3) is 0 Å². The number of carbonyl (C=O) groups is 2. The first-order valence-corrected chi connectivity index (χ1v) is 7.58. The molecule has 0 atom stereocenters. The predicted octanol–water partition coefficient (Wildman–Crippen LogP) is 4.19. The van der Waals surface area contributed by atoms with Crippen molar-refractivity contribution in [3.8, 4) is 0 Å². The summed E-state index contributed by atoms with van der Waals surface area (Å²) in [4.78, 5) is 23.9. The minimum absolute atomic E-state index is 0.247. The summed E-state index contributed by atoms with van der Waals surface area (Å²) in [5, 5.41) is 0. The Hall–Kier alpha value is -2.75. The normalized spacial score (nSPS) is 10.8. The van der Waals surface area contributed by atoms with E-state index in [9.17, 15) is 14.0 Å². The number of hydrogen-bond acceptors (Lipinski definition) is 3. The molecule has 2 aromatic carbocycles. The van der Waals surface area contributed by atoms with Gasteiger partial charge in [-0.3, -0.25) is 4.79 Å². The van der Waals surface area contributed by atoms with Gasteiger partial charge < -0.3 is 4.74 Å². The monoisotopic (exact) mass is 326 g/mol. The summed E-state index contributed by atoms with van der Waals surface area (Å²) in [6.07, 6.45) is 2.62. The fourth-order valence-corrected chi connectivity index (χ4v) is 2.30. The zero-order chi connectivity index (χ0) is 17.7. The van der Waals surface area contributed by atoms with Gasteiger partial charge in [-0.05, 0) is 67.3 Å². The number of aryl methyl sites for hydroxylation is 3. The van der Waals surface area contributed by atoms with Gasteiger partial charge in [-0.1, -0.05) is 18.2 Å². The average molecular weight is 326 g/mol. The molecule has 0 aliphatic heterocycles. The van der Waals surface area contributed by atoms with Crippen molar-refractivity contribution in [2.75, 3.05) is 6.61 Å². The van der Waals surface area contributed by atoms with E-state index in [0.29, 0.717) is 11.1 Å². The maximum absolute atomic E-state index is 13.0. The lowest BCUT2D eigenvalue weighted by Gasteiger charge is -2.09. The van der Waals surface area contributed by atoms with E-state index in [0.717, 1.165) is 16.7 Å². The molecule has 3 nitrogen and oxygen atoms in total. The number of carbonyl (C=O) groups excluding carboxylic acids is 2. The minimum Gasteiger partial charge on any atom is -0.454 e. The first kappa shape index (κ1) is 17.6. The molecule has 0 aliphatic carbocycles. The van der Waals surface area contributed by atoms with Crippen LogP contribution in [0.2, 0.25) is 0 Å². The molecule has 0 aromatic heterocycles. The van der Waals surface area contributed by atoms with E-state index in [1.54, 1.807) is 12.1 Å². The SMILES string of the molecule is Cc1cc(C)c(C(=O)COC(=O)/C=C/c2cccc(F)c2)cc1C. The van der Waals surface area contributed by atoms with Crippen LogP contribution in [0.15, 0.2) is 42.5 Å².